The molecule has 1 atom stereocenters. The van der Waals surface area contributed by atoms with Crippen LogP contribution in [0.1, 0.15) is 25.0 Å². The van der Waals surface area contributed by atoms with E-state index in [-0.39, 0.29) is 19.1 Å². The van der Waals surface area contributed by atoms with E-state index in [0.29, 0.717) is 0 Å². The molecule has 0 saturated carbocycles. The van der Waals surface area contributed by atoms with E-state index in [1.807, 2.05) is 60.7 Å². The fourth-order valence-corrected chi connectivity index (χ4v) is 3.66. The number of phosphoric ester groups is 1. The van der Waals surface area contributed by atoms with Gasteiger partial charge in [0.2, 0.25) is 0 Å². The van der Waals surface area contributed by atoms with Gasteiger partial charge in [-0.05, 0) is 17.0 Å². The molecule has 0 spiro atoms. The van der Waals surface area contributed by atoms with Crippen molar-refractivity contribution in [2.24, 2.45) is 5.92 Å². The van der Waals surface area contributed by atoms with Crippen LogP contribution in [0, 0.1) is 5.92 Å². The lowest BCUT2D eigenvalue weighted by Gasteiger charge is -2.24. The molecule has 0 bridgehead atoms. The van der Waals surface area contributed by atoms with Crippen molar-refractivity contribution in [3.05, 3.63) is 71.8 Å². The summed E-state index contributed by atoms with van der Waals surface area (Å²) in [6.07, 6.45) is -1.06. The number of esters is 1. The van der Waals surface area contributed by atoms with Crippen LogP contribution in [0.15, 0.2) is 60.7 Å². The highest BCUT2D eigenvalue weighted by atomic mass is 31.2. The first-order valence-corrected chi connectivity index (χ1v) is 10.1. The topological polar surface area (TPSA) is 71.1 Å². The van der Waals surface area contributed by atoms with E-state index < -0.39 is 19.9 Å². The van der Waals surface area contributed by atoms with E-state index in [9.17, 15) is 9.36 Å². The smallest absolute Gasteiger partial charge is 0.467 e. The van der Waals surface area contributed by atoms with Crippen LogP contribution in [0.5, 0.6) is 0 Å². The third kappa shape index (κ3) is 6.92. The molecule has 0 fully saturated rings. The van der Waals surface area contributed by atoms with Crippen molar-refractivity contribution < 1.29 is 27.7 Å². The van der Waals surface area contributed by atoms with E-state index in [4.69, 9.17) is 18.3 Å². The van der Waals surface area contributed by atoms with E-state index in [0.717, 1.165) is 11.1 Å². The highest BCUT2D eigenvalue weighted by Crippen LogP contribution is 2.52. The van der Waals surface area contributed by atoms with Crippen LogP contribution in [0.2, 0.25) is 0 Å². The third-order valence-electron chi connectivity index (χ3n) is 3.75. The molecule has 0 saturated heterocycles. The minimum absolute atomic E-state index is 0.0267. The molecular weight excluding hydrogens is 367 g/mol. The minimum atomic E-state index is -4.03. The first-order chi connectivity index (χ1) is 12.9. The lowest BCUT2D eigenvalue weighted by Crippen LogP contribution is -2.30. The molecule has 0 aromatic heterocycles. The number of carbonyl (C=O) groups excluding carboxylic acids is 1. The molecule has 0 N–H and O–H groups in total. The Hall–Kier alpha value is -1.98. The summed E-state index contributed by atoms with van der Waals surface area (Å²) < 4.78 is 34.5. The summed E-state index contributed by atoms with van der Waals surface area (Å²) in [5, 5.41) is 0. The van der Waals surface area contributed by atoms with Crippen molar-refractivity contribution in [2.75, 3.05) is 7.11 Å². The van der Waals surface area contributed by atoms with Crippen LogP contribution in [-0.2, 0) is 40.9 Å². The lowest BCUT2D eigenvalue weighted by molar-refractivity contribution is -0.152. The molecule has 0 radical (unpaired) electrons. The molecule has 2 aromatic rings. The summed E-state index contributed by atoms with van der Waals surface area (Å²) >= 11 is 0. The average molecular weight is 392 g/mol. The number of methoxy groups -OCH3 is 1. The predicted molar refractivity (Wildman–Crippen MR) is 102 cm³/mol. The van der Waals surface area contributed by atoms with Crippen LogP contribution in [-0.4, -0.2) is 19.2 Å². The monoisotopic (exact) mass is 392 g/mol. The van der Waals surface area contributed by atoms with Gasteiger partial charge in [0.15, 0.2) is 6.10 Å². The number of ether oxygens (including phenoxy) is 1. The highest BCUT2D eigenvalue weighted by Gasteiger charge is 2.37. The summed E-state index contributed by atoms with van der Waals surface area (Å²) in [4.78, 5) is 12.0. The van der Waals surface area contributed by atoms with Gasteiger partial charge >= 0.3 is 13.8 Å². The summed E-state index contributed by atoms with van der Waals surface area (Å²) in [6, 6.07) is 18.5. The molecule has 0 aliphatic heterocycles. The number of hydrogen-bond acceptors (Lipinski definition) is 6. The molecule has 0 aliphatic carbocycles. The molecule has 6 nitrogen and oxygen atoms in total. The van der Waals surface area contributed by atoms with Gasteiger partial charge in [-0.1, -0.05) is 74.5 Å². The number of hydrogen-bond donors (Lipinski definition) is 0. The molecule has 0 amide bonds. The largest absolute Gasteiger partial charge is 0.476 e. The van der Waals surface area contributed by atoms with E-state index in [1.54, 1.807) is 13.8 Å². The molecule has 7 heteroatoms. The van der Waals surface area contributed by atoms with Crippen LogP contribution in [0.25, 0.3) is 0 Å². The maximum absolute atomic E-state index is 13.2. The number of phosphoric acid groups is 1. The zero-order chi connectivity index (χ0) is 19.7. The molecule has 0 heterocycles. The fraction of sp³-hybridized carbons (Fsp3) is 0.350. The Labute approximate surface area is 160 Å². The first-order valence-electron chi connectivity index (χ1n) is 8.67. The molecule has 2 rings (SSSR count). The Kier molecular flexibility index (Phi) is 8.20. The van der Waals surface area contributed by atoms with Gasteiger partial charge in [-0.3, -0.25) is 13.6 Å². The zero-order valence-corrected chi connectivity index (χ0v) is 16.6. The summed E-state index contributed by atoms with van der Waals surface area (Å²) in [6.45, 7) is 3.58. The van der Waals surface area contributed by atoms with Crippen LogP contribution < -0.4 is 0 Å². The second kappa shape index (κ2) is 10.4. The van der Waals surface area contributed by atoms with Crippen molar-refractivity contribution in [1.82, 2.24) is 0 Å². The Morgan fingerprint density at radius 3 is 1.70 bits per heavy atom. The molecule has 27 heavy (non-hydrogen) atoms. The van der Waals surface area contributed by atoms with E-state index in [2.05, 4.69) is 0 Å². The van der Waals surface area contributed by atoms with E-state index in [1.165, 1.54) is 7.11 Å². The molecular formula is C20H25O6P. The quantitative estimate of drug-likeness (QED) is 0.430. The van der Waals surface area contributed by atoms with E-state index >= 15 is 0 Å². The van der Waals surface area contributed by atoms with Crippen LogP contribution >= 0.6 is 7.82 Å². The maximum Gasteiger partial charge on any atom is 0.476 e. The van der Waals surface area contributed by atoms with Gasteiger partial charge < -0.3 is 4.74 Å². The van der Waals surface area contributed by atoms with Gasteiger partial charge in [0, 0.05) is 0 Å². The highest BCUT2D eigenvalue weighted by molar-refractivity contribution is 7.48. The van der Waals surface area contributed by atoms with Crippen LogP contribution in [0.4, 0.5) is 0 Å². The van der Waals surface area contributed by atoms with Crippen LogP contribution in [0.3, 0.4) is 0 Å². The number of benzene rings is 2. The van der Waals surface area contributed by atoms with Gasteiger partial charge in [0.25, 0.3) is 0 Å². The minimum Gasteiger partial charge on any atom is -0.467 e. The Bertz CT molecular complexity index is 700. The zero-order valence-electron chi connectivity index (χ0n) is 15.7. The molecule has 2 aromatic carbocycles. The van der Waals surface area contributed by atoms with Gasteiger partial charge in [-0.25, -0.2) is 9.36 Å². The van der Waals surface area contributed by atoms with Gasteiger partial charge in [0.1, 0.15) is 0 Å². The van der Waals surface area contributed by atoms with Crippen molar-refractivity contribution in [1.29, 1.82) is 0 Å². The lowest BCUT2D eigenvalue weighted by atomic mass is 10.1. The van der Waals surface area contributed by atoms with Gasteiger partial charge in [0.05, 0.1) is 20.3 Å². The first kappa shape index (κ1) is 21.3. The standard InChI is InChI=1S/C20H25O6P/c1-16(2)19(20(21)23-3)26-27(22,24-14-17-10-6-4-7-11-17)25-15-18-12-8-5-9-13-18/h4-13,16,19H,14-15H2,1-3H3. The predicted octanol–water partition coefficient (Wildman–Crippen LogP) is 4.74. The van der Waals surface area contributed by atoms with Crippen molar-refractivity contribution in [2.45, 2.75) is 33.2 Å². The van der Waals surface area contributed by atoms with Gasteiger partial charge in [-0.2, -0.15) is 0 Å². The van der Waals surface area contributed by atoms with Crippen molar-refractivity contribution in [3.8, 4) is 0 Å². The number of rotatable bonds is 10. The molecule has 0 aliphatic rings. The second-order valence-electron chi connectivity index (χ2n) is 6.26. The molecule has 146 valence electrons. The molecule has 1 unspecified atom stereocenters. The maximum atomic E-state index is 13.2. The van der Waals surface area contributed by atoms with Crippen molar-refractivity contribution in [3.63, 3.8) is 0 Å². The Morgan fingerprint density at radius 2 is 1.33 bits per heavy atom. The summed E-state index contributed by atoms with van der Waals surface area (Å²) in [5.41, 5.74) is 1.62. The SMILES string of the molecule is COC(=O)C(OP(=O)(OCc1ccccc1)OCc1ccccc1)C(C)C. The Morgan fingerprint density at radius 1 is 0.889 bits per heavy atom. The Balaban J connectivity index is 2.14. The summed E-state index contributed by atoms with van der Waals surface area (Å²) in [7, 11) is -2.78. The number of carbonyl (C=O) groups is 1. The average Bonchev–Trinajstić information content (AvgIpc) is 2.70. The summed E-state index contributed by atoms with van der Waals surface area (Å²) in [5.74, 6) is -0.900. The fourth-order valence-electron chi connectivity index (χ4n) is 2.25. The second-order valence-corrected chi connectivity index (χ2v) is 7.88. The third-order valence-corrected chi connectivity index (χ3v) is 5.12. The normalized spacial score (nSPS) is 12.7. The van der Waals surface area contributed by atoms with Gasteiger partial charge in [-0.15, -0.1) is 0 Å². The van der Waals surface area contributed by atoms with Crippen molar-refractivity contribution >= 4 is 13.8 Å².